The van der Waals surface area contributed by atoms with Gasteiger partial charge in [-0.2, -0.15) is 0 Å². The zero-order valence-electron chi connectivity index (χ0n) is 6.61. The molecule has 1 heterocycles. The van der Waals surface area contributed by atoms with Gasteiger partial charge in [-0.25, -0.2) is 0 Å². The molecule has 0 aliphatic carbocycles. The van der Waals surface area contributed by atoms with Crippen molar-refractivity contribution in [2.24, 2.45) is 0 Å². The van der Waals surface area contributed by atoms with E-state index < -0.39 is 6.10 Å². The maximum absolute atomic E-state index is 10.6. The molecule has 0 radical (unpaired) electrons. The van der Waals surface area contributed by atoms with Crippen LogP contribution in [0.3, 0.4) is 0 Å². The molecule has 1 atom stereocenters. The summed E-state index contributed by atoms with van der Waals surface area (Å²) < 4.78 is 4.88. The van der Waals surface area contributed by atoms with E-state index in [0.717, 1.165) is 4.88 Å². The second-order valence-corrected chi connectivity index (χ2v) is 3.15. The quantitative estimate of drug-likeness (QED) is 0.514. The summed E-state index contributed by atoms with van der Waals surface area (Å²) in [6.45, 7) is 1.35. The smallest absolute Gasteiger partial charge is 0.304 e. The standard InChI is InChI=1S/C9H8O2S/c1-3-8(11-7(2)10)9-5-4-6-12-9/h1,4-6,8H,2H3. The molecule has 62 valence electrons. The summed E-state index contributed by atoms with van der Waals surface area (Å²) in [5.74, 6) is 2.05. The van der Waals surface area contributed by atoms with Gasteiger partial charge in [0, 0.05) is 6.92 Å². The first-order valence-electron chi connectivity index (χ1n) is 3.41. The highest BCUT2D eigenvalue weighted by atomic mass is 32.1. The Balaban J connectivity index is 2.72. The molecule has 1 rings (SSSR count). The van der Waals surface area contributed by atoms with Crippen molar-refractivity contribution in [3.8, 4) is 12.3 Å². The Bertz CT molecular complexity index is 295. The summed E-state index contributed by atoms with van der Waals surface area (Å²) in [5.41, 5.74) is 0. The van der Waals surface area contributed by atoms with Crippen molar-refractivity contribution in [1.29, 1.82) is 0 Å². The van der Waals surface area contributed by atoms with E-state index in [1.807, 2.05) is 17.5 Å². The van der Waals surface area contributed by atoms with Crippen LogP contribution in [0.5, 0.6) is 0 Å². The van der Waals surface area contributed by atoms with E-state index in [1.165, 1.54) is 18.3 Å². The number of thiophene rings is 1. The second kappa shape index (κ2) is 3.93. The van der Waals surface area contributed by atoms with Gasteiger partial charge in [0.05, 0.1) is 4.88 Å². The Hall–Kier alpha value is -1.27. The van der Waals surface area contributed by atoms with Gasteiger partial charge < -0.3 is 4.74 Å². The zero-order chi connectivity index (χ0) is 8.97. The number of carbonyl (C=O) groups excluding carboxylic acids is 1. The van der Waals surface area contributed by atoms with Gasteiger partial charge in [-0.05, 0) is 11.4 Å². The molecule has 0 saturated carbocycles. The van der Waals surface area contributed by atoms with Gasteiger partial charge >= 0.3 is 5.97 Å². The molecule has 3 heteroatoms. The minimum atomic E-state index is -0.525. The van der Waals surface area contributed by atoms with Gasteiger partial charge in [0.1, 0.15) is 0 Å². The highest BCUT2D eigenvalue weighted by molar-refractivity contribution is 7.10. The highest BCUT2D eigenvalue weighted by Crippen LogP contribution is 2.21. The predicted molar refractivity (Wildman–Crippen MR) is 47.7 cm³/mol. The average Bonchev–Trinajstić information content (AvgIpc) is 2.51. The summed E-state index contributed by atoms with van der Waals surface area (Å²) in [7, 11) is 0. The van der Waals surface area contributed by atoms with Crippen molar-refractivity contribution in [1.82, 2.24) is 0 Å². The molecular weight excluding hydrogens is 172 g/mol. The zero-order valence-corrected chi connectivity index (χ0v) is 7.43. The Kier molecular flexibility index (Phi) is 2.89. The van der Waals surface area contributed by atoms with Crippen molar-refractivity contribution in [3.05, 3.63) is 22.4 Å². The molecule has 0 N–H and O–H groups in total. The number of terminal acetylenes is 1. The fourth-order valence-corrected chi connectivity index (χ4v) is 1.49. The summed E-state index contributed by atoms with van der Waals surface area (Å²) in [6.07, 6.45) is 4.67. The molecule has 1 aromatic heterocycles. The number of esters is 1. The van der Waals surface area contributed by atoms with Crippen molar-refractivity contribution < 1.29 is 9.53 Å². The molecule has 1 unspecified atom stereocenters. The third-order valence-corrected chi connectivity index (χ3v) is 2.15. The lowest BCUT2D eigenvalue weighted by Crippen LogP contribution is -2.04. The Morgan fingerprint density at radius 1 is 1.83 bits per heavy atom. The van der Waals surface area contributed by atoms with Crippen molar-refractivity contribution in [3.63, 3.8) is 0 Å². The molecular formula is C9H8O2S. The van der Waals surface area contributed by atoms with Crippen LogP contribution in [0.1, 0.15) is 17.9 Å². The van der Waals surface area contributed by atoms with Crippen LogP contribution < -0.4 is 0 Å². The lowest BCUT2D eigenvalue weighted by molar-refractivity contribution is -0.143. The number of hydrogen-bond acceptors (Lipinski definition) is 3. The molecule has 2 nitrogen and oxygen atoms in total. The van der Waals surface area contributed by atoms with Crippen molar-refractivity contribution in [2.75, 3.05) is 0 Å². The Morgan fingerprint density at radius 3 is 3.00 bits per heavy atom. The first kappa shape index (κ1) is 8.82. The van der Waals surface area contributed by atoms with Gasteiger partial charge in [-0.3, -0.25) is 4.79 Å². The molecule has 0 amide bonds. The molecule has 0 saturated heterocycles. The van der Waals surface area contributed by atoms with Crippen molar-refractivity contribution in [2.45, 2.75) is 13.0 Å². The van der Waals surface area contributed by atoms with E-state index in [-0.39, 0.29) is 5.97 Å². The lowest BCUT2D eigenvalue weighted by Gasteiger charge is -2.07. The van der Waals surface area contributed by atoms with E-state index in [4.69, 9.17) is 11.2 Å². The second-order valence-electron chi connectivity index (χ2n) is 2.17. The molecule has 0 fully saturated rings. The molecule has 0 bridgehead atoms. The van der Waals surface area contributed by atoms with Gasteiger partial charge in [-0.1, -0.05) is 12.0 Å². The largest absolute Gasteiger partial charge is 0.443 e. The average molecular weight is 180 g/mol. The molecule has 0 aromatic carbocycles. The molecule has 12 heavy (non-hydrogen) atoms. The first-order valence-corrected chi connectivity index (χ1v) is 4.28. The van der Waals surface area contributed by atoms with E-state index in [9.17, 15) is 4.79 Å². The topological polar surface area (TPSA) is 26.3 Å². The SMILES string of the molecule is C#CC(OC(C)=O)c1cccs1. The minimum absolute atomic E-state index is 0.355. The van der Waals surface area contributed by atoms with Crippen LogP contribution in [0.2, 0.25) is 0 Å². The van der Waals surface area contributed by atoms with E-state index in [0.29, 0.717) is 0 Å². The maximum atomic E-state index is 10.6. The summed E-state index contributed by atoms with van der Waals surface area (Å²) in [5, 5.41) is 1.89. The van der Waals surface area contributed by atoms with Crippen LogP contribution in [0.25, 0.3) is 0 Å². The van der Waals surface area contributed by atoms with Crippen LogP contribution in [-0.4, -0.2) is 5.97 Å². The summed E-state index contributed by atoms with van der Waals surface area (Å²) >= 11 is 1.48. The normalized spacial score (nSPS) is 11.7. The molecule has 0 aliphatic rings. The molecule has 0 spiro atoms. The third-order valence-electron chi connectivity index (χ3n) is 1.24. The lowest BCUT2D eigenvalue weighted by atomic mass is 10.3. The van der Waals surface area contributed by atoms with Gasteiger partial charge in [-0.15, -0.1) is 17.8 Å². The molecule has 1 aromatic rings. The fourth-order valence-electron chi connectivity index (χ4n) is 0.781. The third kappa shape index (κ3) is 2.11. The number of rotatable bonds is 2. The molecule has 0 aliphatic heterocycles. The van der Waals surface area contributed by atoms with Crippen LogP contribution in [0, 0.1) is 12.3 Å². The van der Waals surface area contributed by atoms with Crippen LogP contribution >= 0.6 is 11.3 Å². The van der Waals surface area contributed by atoms with E-state index in [2.05, 4.69) is 5.92 Å². The predicted octanol–water partition coefficient (Wildman–Crippen LogP) is 1.99. The van der Waals surface area contributed by atoms with Gasteiger partial charge in [0.15, 0.2) is 6.10 Å². The Labute approximate surface area is 75.2 Å². The van der Waals surface area contributed by atoms with Crippen molar-refractivity contribution >= 4 is 17.3 Å². The van der Waals surface area contributed by atoms with Crippen LogP contribution in [0.4, 0.5) is 0 Å². The number of ether oxygens (including phenoxy) is 1. The minimum Gasteiger partial charge on any atom is -0.443 e. The monoisotopic (exact) mass is 180 g/mol. The van der Waals surface area contributed by atoms with Crippen LogP contribution in [0.15, 0.2) is 17.5 Å². The Morgan fingerprint density at radius 2 is 2.58 bits per heavy atom. The van der Waals surface area contributed by atoms with E-state index >= 15 is 0 Å². The number of hydrogen-bond donors (Lipinski definition) is 0. The van der Waals surface area contributed by atoms with Crippen LogP contribution in [-0.2, 0) is 9.53 Å². The number of carbonyl (C=O) groups is 1. The summed E-state index contributed by atoms with van der Waals surface area (Å²) in [4.78, 5) is 11.5. The fraction of sp³-hybridized carbons (Fsp3) is 0.222. The van der Waals surface area contributed by atoms with E-state index in [1.54, 1.807) is 0 Å². The van der Waals surface area contributed by atoms with Gasteiger partial charge in [0.25, 0.3) is 0 Å². The maximum Gasteiger partial charge on any atom is 0.304 e. The summed E-state index contributed by atoms with van der Waals surface area (Å²) in [6, 6.07) is 3.71. The first-order chi connectivity index (χ1) is 5.74. The van der Waals surface area contributed by atoms with Gasteiger partial charge in [0.2, 0.25) is 0 Å². The highest BCUT2D eigenvalue weighted by Gasteiger charge is 2.11.